The van der Waals surface area contributed by atoms with Gasteiger partial charge in [-0.25, -0.2) is 4.39 Å². The van der Waals surface area contributed by atoms with Gasteiger partial charge in [0.05, 0.1) is 18.1 Å². The molecule has 0 aliphatic heterocycles. The van der Waals surface area contributed by atoms with Crippen molar-refractivity contribution >= 4 is 21.9 Å². The van der Waals surface area contributed by atoms with E-state index in [2.05, 4.69) is 26.0 Å². The van der Waals surface area contributed by atoms with Gasteiger partial charge in [-0.15, -0.1) is 0 Å². The first-order valence-electron chi connectivity index (χ1n) is 4.35. The van der Waals surface area contributed by atoms with E-state index in [9.17, 15) is 9.18 Å². The largest absolute Gasteiger partial charge is 0.468 e. The normalized spacial score (nSPS) is 10.1. The highest BCUT2D eigenvalue weighted by Crippen LogP contribution is 2.19. The zero-order valence-electron chi connectivity index (χ0n) is 8.22. The van der Waals surface area contributed by atoms with Crippen molar-refractivity contribution in [1.82, 2.24) is 5.32 Å². The van der Waals surface area contributed by atoms with Crippen LogP contribution in [0, 0.1) is 5.82 Å². The van der Waals surface area contributed by atoms with Gasteiger partial charge in [0.1, 0.15) is 5.82 Å². The standard InChI is InChI=1S/C10H11BrFNO2/c1-15-9(14)6-13-5-7-3-2-4-8(12)10(7)11/h2-4,13H,5-6H2,1H3. The lowest BCUT2D eigenvalue weighted by atomic mass is 10.2. The Balaban J connectivity index is 2.51. The number of benzene rings is 1. The maximum absolute atomic E-state index is 13.1. The molecule has 1 N–H and O–H groups in total. The molecule has 3 nitrogen and oxygen atoms in total. The second-order valence-corrected chi connectivity index (χ2v) is 3.69. The summed E-state index contributed by atoms with van der Waals surface area (Å²) in [4.78, 5) is 10.8. The maximum Gasteiger partial charge on any atom is 0.319 e. The number of nitrogens with one attached hydrogen (secondary N) is 1. The van der Waals surface area contributed by atoms with Crippen LogP contribution in [0.3, 0.4) is 0 Å². The van der Waals surface area contributed by atoms with E-state index in [0.29, 0.717) is 11.0 Å². The summed E-state index contributed by atoms with van der Waals surface area (Å²) in [6.45, 7) is 0.521. The van der Waals surface area contributed by atoms with Gasteiger partial charge in [0, 0.05) is 6.54 Å². The van der Waals surface area contributed by atoms with Gasteiger partial charge in [0.15, 0.2) is 0 Å². The number of rotatable bonds is 4. The monoisotopic (exact) mass is 275 g/mol. The number of carbonyl (C=O) groups excluding carboxylic acids is 1. The van der Waals surface area contributed by atoms with Crippen molar-refractivity contribution in [3.63, 3.8) is 0 Å². The third kappa shape index (κ3) is 3.60. The van der Waals surface area contributed by atoms with E-state index in [0.717, 1.165) is 5.56 Å². The quantitative estimate of drug-likeness (QED) is 0.853. The van der Waals surface area contributed by atoms with Crippen LogP contribution in [0.4, 0.5) is 4.39 Å². The molecule has 0 atom stereocenters. The number of carbonyl (C=O) groups is 1. The van der Waals surface area contributed by atoms with Crippen LogP contribution in [0.5, 0.6) is 0 Å². The Morgan fingerprint density at radius 2 is 2.33 bits per heavy atom. The predicted molar refractivity (Wildman–Crippen MR) is 57.8 cm³/mol. The molecule has 0 aromatic heterocycles. The molecule has 0 saturated carbocycles. The Kier molecular flexibility index (Phi) is 4.71. The zero-order chi connectivity index (χ0) is 11.3. The van der Waals surface area contributed by atoms with E-state index in [1.54, 1.807) is 12.1 Å². The van der Waals surface area contributed by atoms with Crippen LogP contribution >= 0.6 is 15.9 Å². The van der Waals surface area contributed by atoms with Crippen molar-refractivity contribution < 1.29 is 13.9 Å². The van der Waals surface area contributed by atoms with Gasteiger partial charge in [0.2, 0.25) is 0 Å². The molecule has 15 heavy (non-hydrogen) atoms. The summed E-state index contributed by atoms with van der Waals surface area (Å²) >= 11 is 3.13. The highest BCUT2D eigenvalue weighted by Gasteiger charge is 2.05. The molecule has 0 fully saturated rings. The lowest BCUT2D eigenvalue weighted by molar-refractivity contribution is -0.139. The molecule has 1 aromatic rings. The molecule has 0 radical (unpaired) electrons. The smallest absolute Gasteiger partial charge is 0.319 e. The van der Waals surface area contributed by atoms with Crippen molar-refractivity contribution in [3.05, 3.63) is 34.1 Å². The topological polar surface area (TPSA) is 38.3 Å². The first-order chi connectivity index (χ1) is 7.15. The fraction of sp³-hybridized carbons (Fsp3) is 0.300. The molecule has 1 aromatic carbocycles. The minimum atomic E-state index is -0.345. The van der Waals surface area contributed by atoms with Gasteiger partial charge < -0.3 is 10.1 Å². The van der Waals surface area contributed by atoms with E-state index >= 15 is 0 Å². The molecule has 0 spiro atoms. The zero-order valence-corrected chi connectivity index (χ0v) is 9.80. The van der Waals surface area contributed by atoms with Gasteiger partial charge >= 0.3 is 5.97 Å². The van der Waals surface area contributed by atoms with Gasteiger partial charge in [-0.05, 0) is 27.6 Å². The number of ether oxygens (including phenoxy) is 1. The van der Waals surface area contributed by atoms with Crippen molar-refractivity contribution in [2.24, 2.45) is 0 Å². The molecule has 0 bridgehead atoms. The number of methoxy groups -OCH3 is 1. The van der Waals surface area contributed by atoms with Crippen molar-refractivity contribution in [3.8, 4) is 0 Å². The van der Waals surface area contributed by atoms with E-state index in [1.807, 2.05) is 0 Å². The lowest BCUT2D eigenvalue weighted by Gasteiger charge is -2.06. The van der Waals surface area contributed by atoms with Crippen molar-refractivity contribution in [2.45, 2.75) is 6.54 Å². The second kappa shape index (κ2) is 5.82. The molecular weight excluding hydrogens is 265 g/mol. The summed E-state index contributed by atoms with van der Waals surface area (Å²) in [5.74, 6) is -0.658. The predicted octanol–water partition coefficient (Wildman–Crippen LogP) is 1.85. The molecule has 1 rings (SSSR count). The van der Waals surface area contributed by atoms with Gasteiger partial charge in [-0.1, -0.05) is 12.1 Å². The first-order valence-corrected chi connectivity index (χ1v) is 5.15. The Hall–Kier alpha value is -0.940. The summed E-state index contributed by atoms with van der Waals surface area (Å²) < 4.78 is 17.9. The number of hydrogen-bond donors (Lipinski definition) is 1. The molecule has 0 amide bonds. The van der Waals surface area contributed by atoms with Gasteiger partial charge in [-0.2, -0.15) is 0 Å². The maximum atomic E-state index is 13.1. The molecular formula is C10H11BrFNO2. The SMILES string of the molecule is COC(=O)CNCc1cccc(F)c1Br. The average Bonchev–Trinajstić information content (AvgIpc) is 2.24. The summed E-state index contributed by atoms with van der Waals surface area (Å²) in [5, 5.41) is 2.85. The van der Waals surface area contributed by atoms with E-state index in [4.69, 9.17) is 0 Å². The Morgan fingerprint density at radius 3 is 3.00 bits per heavy atom. The molecule has 82 valence electrons. The van der Waals surface area contributed by atoms with E-state index < -0.39 is 0 Å². The molecule has 0 aliphatic carbocycles. The van der Waals surface area contributed by atoms with E-state index in [-0.39, 0.29) is 18.3 Å². The fourth-order valence-corrected chi connectivity index (χ4v) is 1.46. The van der Waals surface area contributed by atoms with Crippen LogP contribution in [0.2, 0.25) is 0 Å². The number of esters is 1. The minimum absolute atomic E-state index is 0.111. The first kappa shape index (κ1) is 12.1. The number of halogens is 2. The molecule has 0 heterocycles. The molecule has 0 unspecified atom stereocenters. The van der Waals surface area contributed by atoms with Crippen LogP contribution < -0.4 is 5.32 Å². The Morgan fingerprint density at radius 1 is 1.60 bits per heavy atom. The highest BCUT2D eigenvalue weighted by molar-refractivity contribution is 9.10. The van der Waals surface area contributed by atoms with Crippen LogP contribution in [0.1, 0.15) is 5.56 Å². The van der Waals surface area contributed by atoms with Gasteiger partial charge in [-0.3, -0.25) is 4.79 Å². The third-order valence-electron chi connectivity index (χ3n) is 1.84. The molecule has 0 saturated heterocycles. The summed E-state index contributed by atoms with van der Waals surface area (Å²) in [5.41, 5.74) is 0.763. The summed E-state index contributed by atoms with van der Waals surface area (Å²) in [6.07, 6.45) is 0. The highest BCUT2D eigenvalue weighted by atomic mass is 79.9. The lowest BCUT2D eigenvalue weighted by Crippen LogP contribution is -2.23. The average molecular weight is 276 g/mol. The molecule has 0 aliphatic rings. The van der Waals surface area contributed by atoms with Crippen LogP contribution in [0.15, 0.2) is 22.7 Å². The van der Waals surface area contributed by atoms with Crippen LogP contribution in [-0.4, -0.2) is 19.6 Å². The van der Waals surface area contributed by atoms with Crippen LogP contribution in [0.25, 0.3) is 0 Å². The second-order valence-electron chi connectivity index (χ2n) is 2.89. The summed E-state index contributed by atoms with van der Waals surface area (Å²) in [6, 6.07) is 4.76. The summed E-state index contributed by atoms with van der Waals surface area (Å²) in [7, 11) is 1.32. The van der Waals surface area contributed by atoms with Gasteiger partial charge in [0.25, 0.3) is 0 Å². The third-order valence-corrected chi connectivity index (χ3v) is 2.73. The number of hydrogen-bond acceptors (Lipinski definition) is 3. The van der Waals surface area contributed by atoms with Crippen LogP contribution in [-0.2, 0) is 16.1 Å². The minimum Gasteiger partial charge on any atom is -0.468 e. The fourth-order valence-electron chi connectivity index (χ4n) is 1.06. The van der Waals surface area contributed by atoms with E-state index in [1.165, 1.54) is 13.2 Å². The van der Waals surface area contributed by atoms with Crippen molar-refractivity contribution in [1.29, 1.82) is 0 Å². The van der Waals surface area contributed by atoms with Crippen molar-refractivity contribution in [2.75, 3.05) is 13.7 Å². The Bertz CT molecular complexity index is 357. The Labute approximate surface area is 95.7 Å². The molecule has 5 heteroatoms.